The summed E-state index contributed by atoms with van der Waals surface area (Å²) < 4.78 is 33.8. The van der Waals surface area contributed by atoms with Gasteiger partial charge >= 0.3 is 5.92 Å². The van der Waals surface area contributed by atoms with Gasteiger partial charge in [0.25, 0.3) is 5.56 Å². The van der Waals surface area contributed by atoms with Crippen molar-refractivity contribution in [3.05, 3.63) is 23.0 Å². The van der Waals surface area contributed by atoms with Crippen molar-refractivity contribution in [2.24, 2.45) is 0 Å². The molecule has 2 aromatic rings. The standard InChI is InChI=1S/C10H10F2N4O4/c11-10(12)6(18)4(1-17)20-9(10)16-3-15-5-7(16)13-2-14-8(5)19/h2-4,6,9,17-18H,1H2,(H,13,14,19)/t4-,6-,9+/m0/s1. The smallest absolute Gasteiger partial charge is 0.320 e. The van der Waals surface area contributed by atoms with Crippen molar-refractivity contribution in [2.75, 3.05) is 6.61 Å². The van der Waals surface area contributed by atoms with E-state index in [1.54, 1.807) is 0 Å². The molecule has 3 N–H and O–H groups in total. The molecule has 0 radical (unpaired) electrons. The fraction of sp³-hybridized carbons (Fsp3) is 0.500. The number of hydrogen-bond donors (Lipinski definition) is 3. The number of H-pyrrole nitrogens is 1. The van der Waals surface area contributed by atoms with Gasteiger partial charge in [0.15, 0.2) is 17.3 Å². The van der Waals surface area contributed by atoms with E-state index in [0.29, 0.717) is 0 Å². The van der Waals surface area contributed by atoms with Crippen LogP contribution in [-0.4, -0.2) is 54.5 Å². The van der Waals surface area contributed by atoms with Gasteiger partial charge in [0.05, 0.1) is 19.3 Å². The lowest BCUT2D eigenvalue weighted by molar-refractivity contribution is -0.138. The summed E-state index contributed by atoms with van der Waals surface area (Å²) in [4.78, 5) is 21.2. The molecule has 0 saturated carbocycles. The maximum Gasteiger partial charge on any atom is 0.320 e. The van der Waals surface area contributed by atoms with Crippen molar-refractivity contribution < 1.29 is 23.7 Å². The number of aromatic nitrogens is 4. The molecule has 0 aromatic carbocycles. The number of ether oxygens (including phenoxy) is 1. The van der Waals surface area contributed by atoms with E-state index in [2.05, 4.69) is 15.0 Å². The summed E-state index contributed by atoms with van der Waals surface area (Å²) in [5, 5.41) is 18.4. The second-order valence-corrected chi connectivity index (χ2v) is 4.38. The van der Waals surface area contributed by atoms with Crippen LogP contribution in [0.2, 0.25) is 0 Å². The Kier molecular flexibility index (Phi) is 2.81. The van der Waals surface area contributed by atoms with Crippen LogP contribution >= 0.6 is 0 Å². The molecule has 3 atom stereocenters. The van der Waals surface area contributed by atoms with Gasteiger partial charge < -0.3 is 19.9 Å². The first-order valence-corrected chi connectivity index (χ1v) is 5.69. The largest absolute Gasteiger partial charge is 0.394 e. The first-order chi connectivity index (χ1) is 9.46. The minimum atomic E-state index is -3.65. The van der Waals surface area contributed by atoms with Crippen molar-refractivity contribution in [3.63, 3.8) is 0 Å². The number of imidazole rings is 1. The van der Waals surface area contributed by atoms with Gasteiger partial charge in [-0.1, -0.05) is 0 Å². The van der Waals surface area contributed by atoms with E-state index in [-0.39, 0.29) is 11.2 Å². The number of halogens is 2. The Hall–Kier alpha value is -1.91. The summed E-state index contributed by atoms with van der Waals surface area (Å²) in [6.45, 7) is -0.756. The van der Waals surface area contributed by atoms with Crippen LogP contribution in [0, 0.1) is 0 Å². The highest BCUT2D eigenvalue weighted by Crippen LogP contribution is 2.43. The van der Waals surface area contributed by atoms with E-state index in [4.69, 9.17) is 9.84 Å². The highest BCUT2D eigenvalue weighted by atomic mass is 19.3. The SMILES string of the molecule is O=c1[nH]cnc2c1ncn2[C@@H]1O[C@@H](CO)[C@H](O)C1(F)F. The Morgan fingerprint density at radius 2 is 2.25 bits per heavy atom. The molecule has 0 aliphatic carbocycles. The van der Waals surface area contributed by atoms with E-state index in [0.717, 1.165) is 17.2 Å². The third-order valence-electron chi connectivity index (χ3n) is 3.18. The number of aliphatic hydroxyl groups is 2. The van der Waals surface area contributed by atoms with Crippen LogP contribution in [0.15, 0.2) is 17.4 Å². The van der Waals surface area contributed by atoms with Crippen LogP contribution in [0.5, 0.6) is 0 Å². The molecule has 1 fully saturated rings. The predicted octanol–water partition coefficient (Wildman–Crippen LogP) is -0.995. The molecule has 8 nitrogen and oxygen atoms in total. The molecular formula is C10H10F2N4O4. The van der Waals surface area contributed by atoms with Crippen LogP contribution in [0.1, 0.15) is 6.23 Å². The van der Waals surface area contributed by atoms with Gasteiger partial charge in [-0.3, -0.25) is 9.36 Å². The van der Waals surface area contributed by atoms with E-state index < -0.39 is 36.5 Å². The number of hydrogen-bond acceptors (Lipinski definition) is 6. The zero-order valence-electron chi connectivity index (χ0n) is 9.90. The predicted molar refractivity (Wildman–Crippen MR) is 60.1 cm³/mol. The lowest BCUT2D eigenvalue weighted by Crippen LogP contribution is -2.39. The molecule has 0 spiro atoms. The normalized spacial score (nSPS) is 29.1. The molecule has 2 aromatic heterocycles. The van der Waals surface area contributed by atoms with Gasteiger partial charge in [-0.25, -0.2) is 9.97 Å². The fourth-order valence-corrected chi connectivity index (χ4v) is 2.15. The van der Waals surface area contributed by atoms with Crippen LogP contribution in [0.4, 0.5) is 8.78 Å². The van der Waals surface area contributed by atoms with E-state index in [1.807, 2.05) is 0 Å². The molecule has 0 bridgehead atoms. The van der Waals surface area contributed by atoms with Crippen molar-refractivity contribution in [1.82, 2.24) is 19.5 Å². The number of fused-ring (bicyclic) bond motifs is 1. The molecule has 3 rings (SSSR count). The van der Waals surface area contributed by atoms with E-state index >= 15 is 0 Å². The van der Waals surface area contributed by atoms with Crippen molar-refractivity contribution >= 4 is 11.2 Å². The minimum Gasteiger partial charge on any atom is -0.394 e. The Bertz CT molecular complexity index is 700. The molecule has 10 heteroatoms. The Morgan fingerprint density at radius 1 is 1.50 bits per heavy atom. The maximum atomic E-state index is 14.0. The molecule has 108 valence electrons. The number of aliphatic hydroxyl groups excluding tert-OH is 2. The zero-order chi connectivity index (χ0) is 14.5. The van der Waals surface area contributed by atoms with Crippen molar-refractivity contribution in [1.29, 1.82) is 0 Å². The number of nitrogens with one attached hydrogen (secondary N) is 1. The van der Waals surface area contributed by atoms with Gasteiger partial charge in [-0.05, 0) is 0 Å². The average Bonchev–Trinajstić information content (AvgIpc) is 2.92. The molecule has 20 heavy (non-hydrogen) atoms. The number of nitrogens with zero attached hydrogens (tertiary/aromatic N) is 3. The summed E-state index contributed by atoms with van der Waals surface area (Å²) >= 11 is 0. The summed E-state index contributed by atoms with van der Waals surface area (Å²) in [6.07, 6.45) is -3.44. The Morgan fingerprint density at radius 3 is 2.90 bits per heavy atom. The highest BCUT2D eigenvalue weighted by molar-refractivity contribution is 5.68. The quantitative estimate of drug-likeness (QED) is 0.653. The van der Waals surface area contributed by atoms with Crippen molar-refractivity contribution in [2.45, 2.75) is 24.4 Å². The minimum absolute atomic E-state index is 0.0933. The summed E-state index contributed by atoms with van der Waals surface area (Å²) in [5.74, 6) is -3.65. The van der Waals surface area contributed by atoms with Gasteiger partial charge in [0.1, 0.15) is 6.10 Å². The monoisotopic (exact) mass is 288 g/mol. The Balaban J connectivity index is 2.12. The van der Waals surface area contributed by atoms with Gasteiger partial charge in [0, 0.05) is 0 Å². The molecule has 1 aliphatic rings. The van der Waals surface area contributed by atoms with Crippen LogP contribution in [0.25, 0.3) is 11.2 Å². The third kappa shape index (κ3) is 1.65. The second kappa shape index (κ2) is 4.30. The average molecular weight is 288 g/mol. The van der Waals surface area contributed by atoms with Crippen LogP contribution < -0.4 is 5.56 Å². The molecule has 1 aliphatic heterocycles. The molecule has 0 amide bonds. The summed E-state index contributed by atoms with van der Waals surface area (Å²) in [6, 6.07) is 0. The van der Waals surface area contributed by atoms with Crippen molar-refractivity contribution in [3.8, 4) is 0 Å². The highest BCUT2D eigenvalue weighted by Gasteiger charge is 2.59. The molecule has 1 saturated heterocycles. The van der Waals surface area contributed by atoms with Gasteiger partial charge in [-0.15, -0.1) is 0 Å². The van der Waals surface area contributed by atoms with Gasteiger partial charge in [0.2, 0.25) is 6.23 Å². The third-order valence-corrected chi connectivity index (χ3v) is 3.18. The zero-order valence-corrected chi connectivity index (χ0v) is 9.90. The number of rotatable bonds is 2. The van der Waals surface area contributed by atoms with Crippen LogP contribution in [-0.2, 0) is 4.74 Å². The van der Waals surface area contributed by atoms with Gasteiger partial charge in [-0.2, -0.15) is 8.78 Å². The summed E-state index contributed by atoms with van der Waals surface area (Å²) in [7, 11) is 0. The molecular weight excluding hydrogens is 278 g/mol. The number of alkyl halides is 2. The maximum absolute atomic E-state index is 14.0. The van der Waals surface area contributed by atoms with E-state index in [1.165, 1.54) is 0 Å². The molecule has 0 unspecified atom stereocenters. The number of aromatic amines is 1. The second-order valence-electron chi connectivity index (χ2n) is 4.38. The lowest BCUT2D eigenvalue weighted by atomic mass is 10.1. The Labute approximate surface area is 109 Å². The van der Waals surface area contributed by atoms with Crippen LogP contribution in [0.3, 0.4) is 0 Å². The molecule has 3 heterocycles. The first kappa shape index (κ1) is 13.1. The lowest BCUT2D eigenvalue weighted by Gasteiger charge is -2.20. The van der Waals surface area contributed by atoms with E-state index in [9.17, 15) is 18.7 Å². The topological polar surface area (TPSA) is 113 Å². The fourth-order valence-electron chi connectivity index (χ4n) is 2.15. The first-order valence-electron chi connectivity index (χ1n) is 5.69. The summed E-state index contributed by atoms with van der Waals surface area (Å²) in [5.41, 5.74) is -0.785.